The first-order chi connectivity index (χ1) is 12.4. The second-order valence-electron chi connectivity index (χ2n) is 6.89. The normalized spacial score (nSPS) is 27.4. The number of aliphatic carboxylic acids is 1. The molecule has 2 saturated heterocycles. The molecule has 2 fully saturated rings. The quantitative estimate of drug-likeness (QED) is 0.460. The van der Waals surface area contributed by atoms with Crippen LogP contribution in [0.15, 0.2) is 30.3 Å². The van der Waals surface area contributed by atoms with Gasteiger partial charge in [0.05, 0.1) is 0 Å². The number of rotatable bonds is 5. The van der Waals surface area contributed by atoms with Gasteiger partial charge in [-0.3, -0.25) is 14.1 Å². The van der Waals surface area contributed by atoms with Gasteiger partial charge in [0.2, 0.25) is 11.8 Å². The van der Waals surface area contributed by atoms with Crippen LogP contribution >= 0.6 is 11.8 Å². The minimum absolute atomic E-state index is 0.0592. The number of amides is 2. The van der Waals surface area contributed by atoms with Crippen molar-refractivity contribution in [1.82, 2.24) is 10.2 Å². The van der Waals surface area contributed by atoms with E-state index < -0.39 is 55.4 Å². The Balaban J connectivity index is 1.83. The third-order valence-corrected chi connectivity index (χ3v) is 7.26. The van der Waals surface area contributed by atoms with E-state index in [9.17, 15) is 32.5 Å². The lowest BCUT2D eigenvalue weighted by Gasteiger charge is -2.43. The number of carbonyl (C=O) groups is 3. The number of hydrogen-bond donors (Lipinski definition) is 3. The monoisotopic (exact) mass is 414 g/mol. The summed E-state index contributed by atoms with van der Waals surface area (Å²) in [6.07, 6.45) is 0. The number of carboxylic acid groups (broad SMARTS) is 1. The highest BCUT2D eigenvalue weighted by atomic mass is 32.2. The van der Waals surface area contributed by atoms with E-state index in [-0.39, 0.29) is 5.56 Å². The van der Waals surface area contributed by atoms with Gasteiger partial charge >= 0.3 is 5.97 Å². The summed E-state index contributed by atoms with van der Waals surface area (Å²) >= 11 is 1.22. The number of fused-ring (bicyclic) bond motifs is 1. The number of benzene rings is 1. The lowest BCUT2D eigenvalue weighted by molar-refractivity contribution is -0.161. The fraction of sp³-hybridized carbons (Fsp3) is 0.438. The first kappa shape index (κ1) is 19.6. The van der Waals surface area contributed by atoms with Crippen molar-refractivity contribution in [3.8, 4) is 0 Å². The number of nitrogens with zero attached hydrogens (tertiary/aromatic N) is 1. The van der Waals surface area contributed by atoms with Gasteiger partial charge in [-0.25, -0.2) is 4.79 Å². The van der Waals surface area contributed by atoms with Crippen molar-refractivity contribution in [2.45, 2.75) is 41.3 Å². The number of carboxylic acids is 1. The highest BCUT2D eigenvalue weighted by Gasteiger charge is 2.64. The van der Waals surface area contributed by atoms with Crippen LogP contribution in [0.1, 0.15) is 24.7 Å². The van der Waals surface area contributed by atoms with Gasteiger partial charge in [-0.15, -0.1) is 11.8 Å². The van der Waals surface area contributed by atoms with Crippen molar-refractivity contribution in [3.63, 3.8) is 0 Å². The SMILES string of the molecule is CC1(C)S[C@@H]2C(NC(=O)C(c3ccccc3)S(=O)(=O)O)C(=O)N2[C@H]1C(=O)O. The molecule has 2 aliphatic rings. The summed E-state index contributed by atoms with van der Waals surface area (Å²) in [6, 6.07) is 5.31. The Kier molecular flexibility index (Phi) is 4.73. The summed E-state index contributed by atoms with van der Waals surface area (Å²) in [5.41, 5.74) is 0.0592. The summed E-state index contributed by atoms with van der Waals surface area (Å²) in [5.74, 6) is -2.78. The third-order valence-electron chi connectivity index (χ3n) is 4.61. The van der Waals surface area contributed by atoms with Gasteiger partial charge in [0, 0.05) is 4.75 Å². The zero-order chi connectivity index (χ0) is 20.1. The van der Waals surface area contributed by atoms with Gasteiger partial charge in [0.1, 0.15) is 17.5 Å². The van der Waals surface area contributed by atoms with E-state index in [2.05, 4.69) is 5.32 Å². The predicted octanol–water partition coefficient (Wildman–Crippen LogP) is 0.247. The molecule has 3 rings (SSSR count). The van der Waals surface area contributed by atoms with Crippen LogP contribution in [0.25, 0.3) is 0 Å². The molecule has 27 heavy (non-hydrogen) atoms. The van der Waals surface area contributed by atoms with Crippen molar-refractivity contribution >= 4 is 39.7 Å². The van der Waals surface area contributed by atoms with Crippen molar-refractivity contribution in [2.75, 3.05) is 0 Å². The van der Waals surface area contributed by atoms with Crippen molar-refractivity contribution in [1.29, 1.82) is 0 Å². The van der Waals surface area contributed by atoms with Gasteiger partial charge in [-0.1, -0.05) is 30.3 Å². The smallest absolute Gasteiger partial charge is 0.327 e. The van der Waals surface area contributed by atoms with Crippen LogP contribution in [0.2, 0.25) is 0 Å². The van der Waals surface area contributed by atoms with E-state index >= 15 is 0 Å². The number of nitrogens with one attached hydrogen (secondary N) is 1. The average Bonchev–Trinajstić information content (AvgIpc) is 2.81. The van der Waals surface area contributed by atoms with Crippen LogP contribution in [0, 0.1) is 0 Å². The van der Waals surface area contributed by atoms with Gasteiger partial charge in [-0.2, -0.15) is 8.42 Å². The molecular weight excluding hydrogens is 396 g/mol. The Morgan fingerprint density at radius 2 is 1.85 bits per heavy atom. The molecular formula is C16H18N2O7S2. The average molecular weight is 414 g/mol. The molecule has 1 aromatic rings. The molecule has 0 radical (unpaired) electrons. The molecule has 2 amide bonds. The first-order valence-electron chi connectivity index (χ1n) is 7.99. The van der Waals surface area contributed by atoms with Crippen molar-refractivity contribution < 1.29 is 32.5 Å². The molecule has 146 valence electrons. The molecule has 0 aliphatic carbocycles. The summed E-state index contributed by atoms with van der Waals surface area (Å²) in [7, 11) is -4.77. The molecule has 2 heterocycles. The molecule has 0 saturated carbocycles. The van der Waals surface area contributed by atoms with Gasteiger partial charge in [0.15, 0.2) is 5.25 Å². The fourth-order valence-electron chi connectivity index (χ4n) is 3.46. The molecule has 2 aliphatic heterocycles. The molecule has 1 aromatic carbocycles. The van der Waals surface area contributed by atoms with E-state index in [4.69, 9.17) is 0 Å². The standard InChI is InChI=1S/C16H18N2O7S2/c1-16(2)11(15(21)22)18-13(20)9(14(18)26-16)17-12(19)10(27(23,24)25)8-6-4-3-5-7-8/h3-7,9-11,14H,1-2H3,(H,17,19)(H,21,22)(H,23,24,25)/t9?,10?,11-,14+/m0/s1. The number of hydrogen-bond acceptors (Lipinski definition) is 6. The van der Waals surface area contributed by atoms with E-state index in [1.807, 2.05) is 0 Å². The molecule has 2 unspecified atom stereocenters. The summed E-state index contributed by atoms with van der Waals surface area (Å²) in [5, 5.41) is 9.26. The Labute approximate surface area is 159 Å². The zero-order valence-corrected chi connectivity index (χ0v) is 16.0. The van der Waals surface area contributed by atoms with Gasteiger partial charge in [0.25, 0.3) is 10.1 Å². The first-order valence-corrected chi connectivity index (χ1v) is 10.4. The van der Waals surface area contributed by atoms with Crippen LogP contribution in [-0.2, 0) is 24.5 Å². The number of β-lactam (4-membered cyclic amide) rings is 1. The third kappa shape index (κ3) is 3.30. The van der Waals surface area contributed by atoms with E-state index in [1.54, 1.807) is 19.9 Å². The largest absolute Gasteiger partial charge is 0.480 e. The van der Waals surface area contributed by atoms with Crippen LogP contribution in [-0.4, -0.2) is 63.0 Å². The molecule has 0 spiro atoms. The van der Waals surface area contributed by atoms with Crippen LogP contribution in [0.5, 0.6) is 0 Å². The maximum absolute atomic E-state index is 12.6. The number of carbonyl (C=O) groups excluding carboxylic acids is 2. The second-order valence-corrected chi connectivity index (χ2v) is 10.2. The Morgan fingerprint density at radius 1 is 1.26 bits per heavy atom. The summed E-state index contributed by atoms with van der Waals surface area (Å²) in [6.45, 7) is 3.37. The van der Waals surface area contributed by atoms with Crippen molar-refractivity contribution in [2.24, 2.45) is 0 Å². The van der Waals surface area contributed by atoms with Crippen LogP contribution < -0.4 is 5.32 Å². The molecule has 0 bridgehead atoms. The minimum Gasteiger partial charge on any atom is -0.480 e. The van der Waals surface area contributed by atoms with Crippen LogP contribution in [0.3, 0.4) is 0 Å². The summed E-state index contributed by atoms with van der Waals surface area (Å²) in [4.78, 5) is 37.7. The summed E-state index contributed by atoms with van der Waals surface area (Å²) < 4.78 is 32.2. The van der Waals surface area contributed by atoms with Gasteiger partial charge < -0.3 is 15.3 Å². The predicted molar refractivity (Wildman–Crippen MR) is 96.4 cm³/mol. The minimum atomic E-state index is -4.77. The molecule has 4 atom stereocenters. The lowest BCUT2D eigenvalue weighted by Crippen LogP contribution is -2.71. The topological polar surface area (TPSA) is 141 Å². The van der Waals surface area contributed by atoms with E-state index in [0.717, 1.165) is 0 Å². The highest BCUT2D eigenvalue weighted by Crippen LogP contribution is 2.50. The Bertz CT molecular complexity index is 901. The van der Waals surface area contributed by atoms with E-state index in [1.165, 1.54) is 40.9 Å². The van der Waals surface area contributed by atoms with E-state index in [0.29, 0.717) is 0 Å². The maximum atomic E-state index is 12.6. The Morgan fingerprint density at radius 3 is 2.37 bits per heavy atom. The lowest BCUT2D eigenvalue weighted by atomic mass is 9.96. The zero-order valence-electron chi connectivity index (χ0n) is 14.4. The second kappa shape index (κ2) is 6.50. The van der Waals surface area contributed by atoms with Crippen molar-refractivity contribution in [3.05, 3.63) is 35.9 Å². The molecule has 9 nitrogen and oxygen atoms in total. The molecule has 3 N–H and O–H groups in total. The Hall–Kier alpha value is -2.11. The van der Waals surface area contributed by atoms with Gasteiger partial charge in [-0.05, 0) is 19.4 Å². The van der Waals surface area contributed by atoms with Crippen LogP contribution in [0.4, 0.5) is 0 Å². The fourth-order valence-corrected chi connectivity index (χ4v) is 5.93. The highest BCUT2D eigenvalue weighted by molar-refractivity contribution is 8.01. The molecule has 0 aromatic heterocycles. The molecule has 11 heteroatoms. The number of thioether (sulfide) groups is 1. The maximum Gasteiger partial charge on any atom is 0.327 e.